The largest absolute Gasteiger partial charge is 0.467 e. The number of halogens is 1. The quantitative estimate of drug-likeness (QED) is 0.674. The van der Waals surface area contributed by atoms with E-state index in [1.165, 1.54) is 0 Å². The van der Waals surface area contributed by atoms with Crippen LogP contribution in [0.1, 0.15) is 5.76 Å². The predicted molar refractivity (Wildman–Crippen MR) is 78.4 cm³/mol. The SMILES string of the molecule is CSC(=NCc1ccco1)Nc1ccc(Cl)cc1. The topological polar surface area (TPSA) is 37.5 Å². The van der Waals surface area contributed by atoms with Crippen LogP contribution < -0.4 is 5.32 Å². The summed E-state index contributed by atoms with van der Waals surface area (Å²) in [6.07, 6.45) is 3.63. The highest BCUT2D eigenvalue weighted by atomic mass is 35.5. The van der Waals surface area contributed by atoms with Crippen LogP contribution in [-0.4, -0.2) is 11.4 Å². The number of nitrogens with one attached hydrogen (secondary N) is 1. The predicted octanol–water partition coefficient (Wildman–Crippen LogP) is 4.26. The van der Waals surface area contributed by atoms with Gasteiger partial charge in [-0.2, -0.15) is 0 Å². The summed E-state index contributed by atoms with van der Waals surface area (Å²) in [7, 11) is 0. The Labute approximate surface area is 115 Å². The maximum Gasteiger partial charge on any atom is 0.161 e. The lowest BCUT2D eigenvalue weighted by molar-refractivity contribution is 0.513. The van der Waals surface area contributed by atoms with E-state index < -0.39 is 0 Å². The van der Waals surface area contributed by atoms with Crippen molar-refractivity contribution >= 4 is 34.2 Å². The second kappa shape index (κ2) is 6.52. The van der Waals surface area contributed by atoms with E-state index in [1.807, 2.05) is 42.7 Å². The smallest absolute Gasteiger partial charge is 0.161 e. The van der Waals surface area contributed by atoms with Gasteiger partial charge in [0, 0.05) is 10.7 Å². The first-order valence-electron chi connectivity index (χ1n) is 5.41. The van der Waals surface area contributed by atoms with E-state index in [1.54, 1.807) is 18.0 Å². The van der Waals surface area contributed by atoms with E-state index in [9.17, 15) is 0 Å². The van der Waals surface area contributed by atoms with Crippen molar-refractivity contribution in [1.29, 1.82) is 0 Å². The molecule has 2 aromatic rings. The van der Waals surface area contributed by atoms with Crippen molar-refractivity contribution in [3.05, 3.63) is 53.4 Å². The molecule has 0 aliphatic rings. The van der Waals surface area contributed by atoms with Crippen LogP contribution in [-0.2, 0) is 6.54 Å². The fourth-order valence-electron chi connectivity index (χ4n) is 1.36. The third-order valence-electron chi connectivity index (χ3n) is 2.25. The summed E-state index contributed by atoms with van der Waals surface area (Å²) in [5.41, 5.74) is 0.965. The number of benzene rings is 1. The third kappa shape index (κ3) is 3.82. The Morgan fingerprint density at radius 2 is 2.11 bits per heavy atom. The zero-order valence-corrected chi connectivity index (χ0v) is 11.5. The molecule has 0 unspecified atom stereocenters. The Morgan fingerprint density at radius 1 is 1.33 bits per heavy atom. The van der Waals surface area contributed by atoms with E-state index in [4.69, 9.17) is 16.0 Å². The second-order valence-electron chi connectivity index (χ2n) is 3.54. The van der Waals surface area contributed by atoms with E-state index in [0.29, 0.717) is 6.54 Å². The number of rotatable bonds is 3. The number of nitrogens with zero attached hydrogens (tertiary/aromatic N) is 1. The van der Waals surface area contributed by atoms with Gasteiger partial charge in [0.1, 0.15) is 5.76 Å². The van der Waals surface area contributed by atoms with Crippen LogP contribution in [0.25, 0.3) is 0 Å². The highest BCUT2D eigenvalue weighted by molar-refractivity contribution is 8.13. The average Bonchev–Trinajstić information content (AvgIpc) is 2.90. The molecule has 1 aromatic heterocycles. The zero-order chi connectivity index (χ0) is 12.8. The summed E-state index contributed by atoms with van der Waals surface area (Å²) in [6, 6.07) is 11.3. The van der Waals surface area contributed by atoms with Gasteiger partial charge < -0.3 is 9.73 Å². The minimum atomic E-state index is 0.532. The summed E-state index contributed by atoms with van der Waals surface area (Å²) < 4.78 is 5.23. The highest BCUT2D eigenvalue weighted by Crippen LogP contribution is 2.15. The molecule has 1 heterocycles. The molecule has 18 heavy (non-hydrogen) atoms. The van der Waals surface area contributed by atoms with Crippen LogP contribution in [0.5, 0.6) is 0 Å². The Bertz CT molecular complexity index is 508. The number of hydrogen-bond donors (Lipinski definition) is 1. The maximum atomic E-state index is 5.84. The van der Waals surface area contributed by atoms with Gasteiger partial charge >= 0.3 is 0 Å². The zero-order valence-electron chi connectivity index (χ0n) is 9.89. The summed E-state index contributed by atoms with van der Waals surface area (Å²) in [5, 5.41) is 4.79. The molecule has 0 bridgehead atoms. The van der Waals surface area contributed by atoms with Crippen molar-refractivity contribution < 1.29 is 4.42 Å². The first-order valence-corrected chi connectivity index (χ1v) is 7.01. The molecule has 94 valence electrons. The monoisotopic (exact) mass is 280 g/mol. The first-order chi connectivity index (χ1) is 8.78. The molecule has 0 saturated carbocycles. The van der Waals surface area contributed by atoms with Crippen molar-refractivity contribution in [2.45, 2.75) is 6.54 Å². The van der Waals surface area contributed by atoms with Crippen molar-refractivity contribution in [3.8, 4) is 0 Å². The van der Waals surface area contributed by atoms with Crippen molar-refractivity contribution in [1.82, 2.24) is 0 Å². The van der Waals surface area contributed by atoms with Crippen molar-refractivity contribution in [3.63, 3.8) is 0 Å². The standard InChI is InChI=1S/C13H13ClN2OS/c1-18-13(15-9-12-3-2-8-17-12)16-11-6-4-10(14)5-7-11/h2-8H,9H2,1H3,(H,15,16). The lowest BCUT2D eigenvalue weighted by Gasteiger charge is -2.07. The van der Waals surface area contributed by atoms with Gasteiger partial charge in [-0.25, -0.2) is 0 Å². The highest BCUT2D eigenvalue weighted by Gasteiger charge is 2.00. The molecule has 0 atom stereocenters. The number of hydrogen-bond acceptors (Lipinski definition) is 3. The van der Waals surface area contributed by atoms with Gasteiger partial charge in [-0.15, -0.1) is 0 Å². The van der Waals surface area contributed by atoms with Crippen LogP contribution >= 0.6 is 23.4 Å². The lowest BCUT2D eigenvalue weighted by Crippen LogP contribution is -2.07. The van der Waals surface area contributed by atoms with Crippen LogP contribution in [0.3, 0.4) is 0 Å². The van der Waals surface area contributed by atoms with Gasteiger partial charge in [-0.3, -0.25) is 4.99 Å². The fraction of sp³-hybridized carbons (Fsp3) is 0.154. The Hall–Kier alpha value is -1.39. The van der Waals surface area contributed by atoms with E-state index >= 15 is 0 Å². The number of thioether (sulfide) groups is 1. The van der Waals surface area contributed by atoms with Gasteiger partial charge in [0.15, 0.2) is 5.17 Å². The van der Waals surface area contributed by atoms with Crippen LogP contribution in [0.4, 0.5) is 5.69 Å². The van der Waals surface area contributed by atoms with Gasteiger partial charge in [-0.1, -0.05) is 23.4 Å². The number of aliphatic imine (C=N–C) groups is 1. The molecule has 5 heteroatoms. The molecule has 1 N–H and O–H groups in total. The number of amidine groups is 1. The van der Waals surface area contributed by atoms with E-state index in [0.717, 1.165) is 21.6 Å². The minimum absolute atomic E-state index is 0.532. The number of furan rings is 1. The molecule has 1 aromatic carbocycles. The normalized spacial score (nSPS) is 11.6. The summed E-state index contributed by atoms with van der Waals surface area (Å²) in [6.45, 7) is 0.532. The molecule has 0 aliphatic carbocycles. The number of anilines is 1. The molecule has 0 radical (unpaired) electrons. The fourth-order valence-corrected chi connectivity index (χ4v) is 1.90. The molecule has 0 aliphatic heterocycles. The van der Waals surface area contributed by atoms with E-state index in [-0.39, 0.29) is 0 Å². The van der Waals surface area contributed by atoms with Gasteiger partial charge in [0.2, 0.25) is 0 Å². The third-order valence-corrected chi connectivity index (χ3v) is 3.12. The van der Waals surface area contributed by atoms with Crippen LogP contribution in [0, 0.1) is 0 Å². The van der Waals surface area contributed by atoms with Crippen LogP contribution in [0.2, 0.25) is 5.02 Å². The molecular weight excluding hydrogens is 268 g/mol. The average molecular weight is 281 g/mol. The van der Waals surface area contributed by atoms with Crippen LogP contribution in [0.15, 0.2) is 52.1 Å². The minimum Gasteiger partial charge on any atom is -0.467 e. The first kappa shape index (κ1) is 13.1. The Balaban J connectivity index is 2.00. The molecule has 3 nitrogen and oxygen atoms in total. The van der Waals surface area contributed by atoms with Gasteiger partial charge in [-0.05, 0) is 42.7 Å². The van der Waals surface area contributed by atoms with Crippen molar-refractivity contribution in [2.75, 3.05) is 11.6 Å². The van der Waals surface area contributed by atoms with E-state index in [2.05, 4.69) is 10.3 Å². The summed E-state index contributed by atoms with van der Waals surface area (Å²) in [4.78, 5) is 4.44. The van der Waals surface area contributed by atoms with Gasteiger partial charge in [0.25, 0.3) is 0 Å². The summed E-state index contributed by atoms with van der Waals surface area (Å²) in [5.74, 6) is 0.847. The molecule has 0 amide bonds. The molecule has 2 rings (SSSR count). The second-order valence-corrected chi connectivity index (χ2v) is 4.77. The van der Waals surface area contributed by atoms with Crippen molar-refractivity contribution in [2.24, 2.45) is 4.99 Å². The molecule has 0 saturated heterocycles. The lowest BCUT2D eigenvalue weighted by atomic mass is 10.3. The molecular formula is C13H13ClN2OS. The Morgan fingerprint density at radius 3 is 2.72 bits per heavy atom. The Kier molecular flexibility index (Phi) is 4.73. The van der Waals surface area contributed by atoms with Gasteiger partial charge in [0.05, 0.1) is 12.8 Å². The maximum absolute atomic E-state index is 5.84. The molecule has 0 fully saturated rings. The molecule has 0 spiro atoms. The summed E-state index contributed by atoms with van der Waals surface area (Å²) >= 11 is 7.39.